The smallest absolute Gasteiger partial charge is 0.165 e. The van der Waals surface area contributed by atoms with Crippen molar-refractivity contribution in [1.82, 2.24) is 0 Å². The Morgan fingerprint density at radius 2 is 2.27 bits per heavy atom. The van der Waals surface area contributed by atoms with Gasteiger partial charge in [0.05, 0.1) is 7.11 Å². The predicted molar refractivity (Wildman–Crippen MR) is 53.3 cm³/mol. The average Bonchev–Trinajstić information content (AvgIpc) is 2.17. The van der Waals surface area contributed by atoms with Crippen LogP contribution in [0.1, 0.15) is 12.5 Å². The number of rotatable bonds is 4. The van der Waals surface area contributed by atoms with Gasteiger partial charge in [-0.1, -0.05) is 6.07 Å². The Labute approximate surface area is 87.5 Å². The van der Waals surface area contributed by atoms with E-state index in [1.165, 1.54) is 26.2 Å². The van der Waals surface area contributed by atoms with Gasteiger partial charge in [0.1, 0.15) is 5.60 Å². The third kappa shape index (κ3) is 3.02. The van der Waals surface area contributed by atoms with Crippen molar-refractivity contribution in [3.05, 3.63) is 29.6 Å². The monoisotopic (exact) mass is 212 g/mol. The van der Waals surface area contributed by atoms with Crippen LogP contribution in [0.3, 0.4) is 0 Å². The molecule has 1 aromatic carbocycles. The van der Waals surface area contributed by atoms with E-state index in [0.29, 0.717) is 11.8 Å². The molecule has 1 N–H and O–H groups in total. The van der Waals surface area contributed by atoms with Crippen LogP contribution < -0.4 is 4.74 Å². The number of benzene rings is 1. The predicted octanol–water partition coefficient (Wildman–Crippen LogP) is 1.33. The van der Waals surface area contributed by atoms with Crippen LogP contribution in [0.25, 0.3) is 0 Å². The molecule has 0 bridgehead atoms. The molecule has 1 aromatic rings. The summed E-state index contributed by atoms with van der Waals surface area (Å²) in [6, 6.07) is 4.32. The van der Waals surface area contributed by atoms with Gasteiger partial charge in [0, 0.05) is 6.42 Å². The summed E-state index contributed by atoms with van der Waals surface area (Å²) in [6.07, 6.45) is 0.520. The summed E-state index contributed by atoms with van der Waals surface area (Å²) in [5.41, 5.74) is -0.911. The third-order valence-corrected chi connectivity index (χ3v) is 2.03. The first kappa shape index (κ1) is 11.7. The SMILES string of the molecule is COc1ccc(CC(C)(O)C=O)cc1F. The maximum Gasteiger partial charge on any atom is 0.165 e. The van der Waals surface area contributed by atoms with Gasteiger partial charge in [-0.15, -0.1) is 0 Å². The van der Waals surface area contributed by atoms with E-state index in [-0.39, 0.29) is 12.2 Å². The van der Waals surface area contributed by atoms with Gasteiger partial charge in [-0.05, 0) is 24.6 Å². The van der Waals surface area contributed by atoms with Gasteiger partial charge in [0.25, 0.3) is 0 Å². The van der Waals surface area contributed by atoms with E-state index in [4.69, 9.17) is 4.74 Å². The highest BCUT2D eigenvalue weighted by Gasteiger charge is 2.20. The minimum absolute atomic E-state index is 0.0808. The molecule has 3 nitrogen and oxygen atoms in total. The van der Waals surface area contributed by atoms with Crippen molar-refractivity contribution in [1.29, 1.82) is 0 Å². The molecule has 0 aliphatic heterocycles. The number of hydrogen-bond acceptors (Lipinski definition) is 3. The summed E-state index contributed by atoms with van der Waals surface area (Å²) in [5, 5.41) is 9.47. The summed E-state index contributed by atoms with van der Waals surface area (Å²) < 4.78 is 18.0. The zero-order valence-electron chi connectivity index (χ0n) is 8.66. The summed E-state index contributed by atoms with van der Waals surface area (Å²) in [7, 11) is 1.37. The van der Waals surface area contributed by atoms with E-state index in [9.17, 15) is 14.3 Å². The Hall–Kier alpha value is -1.42. The van der Waals surface area contributed by atoms with Crippen molar-refractivity contribution < 1.29 is 19.0 Å². The standard InChI is InChI=1S/C11H13FO3/c1-11(14,7-13)6-8-3-4-10(15-2)9(12)5-8/h3-5,7,14H,6H2,1-2H3. The van der Waals surface area contributed by atoms with Crippen molar-refractivity contribution in [2.75, 3.05) is 7.11 Å². The van der Waals surface area contributed by atoms with Gasteiger partial charge in [-0.2, -0.15) is 0 Å². The second-order valence-electron chi connectivity index (χ2n) is 3.62. The number of halogens is 1. The lowest BCUT2D eigenvalue weighted by molar-refractivity contribution is -0.122. The molecule has 0 heterocycles. The second kappa shape index (κ2) is 4.40. The van der Waals surface area contributed by atoms with E-state index >= 15 is 0 Å². The summed E-state index contributed by atoms with van der Waals surface area (Å²) in [6.45, 7) is 1.38. The maximum absolute atomic E-state index is 13.2. The fourth-order valence-electron chi connectivity index (χ4n) is 1.27. The molecular weight excluding hydrogens is 199 g/mol. The quantitative estimate of drug-likeness (QED) is 0.766. The van der Waals surface area contributed by atoms with Gasteiger partial charge >= 0.3 is 0 Å². The number of hydrogen-bond donors (Lipinski definition) is 1. The van der Waals surface area contributed by atoms with Crippen molar-refractivity contribution in [3.63, 3.8) is 0 Å². The second-order valence-corrected chi connectivity index (χ2v) is 3.62. The van der Waals surface area contributed by atoms with Crippen molar-refractivity contribution >= 4 is 6.29 Å². The molecule has 0 amide bonds. The Balaban J connectivity index is 2.89. The van der Waals surface area contributed by atoms with E-state index < -0.39 is 11.4 Å². The zero-order valence-corrected chi connectivity index (χ0v) is 8.66. The number of methoxy groups -OCH3 is 1. The van der Waals surface area contributed by atoms with Crippen LogP contribution in [0.2, 0.25) is 0 Å². The Bertz CT molecular complexity index is 361. The number of carbonyl (C=O) groups excluding carboxylic acids is 1. The Kier molecular flexibility index (Phi) is 3.42. The number of ether oxygens (including phenoxy) is 1. The van der Waals surface area contributed by atoms with Crippen LogP contribution in [0, 0.1) is 5.82 Å². The molecule has 0 aromatic heterocycles. The van der Waals surface area contributed by atoms with Gasteiger partial charge in [-0.3, -0.25) is 0 Å². The molecule has 82 valence electrons. The lowest BCUT2D eigenvalue weighted by Crippen LogP contribution is -2.28. The van der Waals surface area contributed by atoms with Gasteiger partial charge in [-0.25, -0.2) is 4.39 Å². The molecule has 1 rings (SSSR count). The van der Waals surface area contributed by atoms with Gasteiger partial charge in [0.2, 0.25) is 0 Å². The largest absolute Gasteiger partial charge is 0.494 e. The summed E-state index contributed by atoms with van der Waals surface area (Å²) >= 11 is 0. The van der Waals surface area contributed by atoms with Gasteiger partial charge in [0.15, 0.2) is 17.9 Å². The number of aldehydes is 1. The molecule has 0 spiro atoms. The molecule has 15 heavy (non-hydrogen) atoms. The third-order valence-electron chi connectivity index (χ3n) is 2.03. The highest BCUT2D eigenvalue weighted by Crippen LogP contribution is 2.20. The van der Waals surface area contributed by atoms with Crippen LogP contribution in [0.15, 0.2) is 18.2 Å². The van der Waals surface area contributed by atoms with Crippen LogP contribution in [0.5, 0.6) is 5.75 Å². The molecule has 1 atom stereocenters. The number of aliphatic hydroxyl groups is 1. The first-order chi connectivity index (χ1) is 6.98. The highest BCUT2D eigenvalue weighted by atomic mass is 19.1. The van der Waals surface area contributed by atoms with Crippen molar-refractivity contribution in [3.8, 4) is 5.75 Å². The molecule has 0 saturated heterocycles. The van der Waals surface area contributed by atoms with E-state index in [1.54, 1.807) is 6.07 Å². The minimum atomic E-state index is -1.46. The molecule has 0 saturated carbocycles. The van der Waals surface area contributed by atoms with E-state index in [2.05, 4.69) is 0 Å². The van der Waals surface area contributed by atoms with Crippen molar-refractivity contribution in [2.24, 2.45) is 0 Å². The summed E-state index contributed by atoms with van der Waals surface area (Å²) in [4.78, 5) is 10.5. The molecule has 0 aliphatic carbocycles. The molecule has 0 radical (unpaired) electrons. The first-order valence-electron chi connectivity index (χ1n) is 4.49. The molecule has 1 unspecified atom stereocenters. The lowest BCUT2D eigenvalue weighted by Gasteiger charge is -2.15. The Morgan fingerprint density at radius 1 is 1.60 bits per heavy atom. The van der Waals surface area contributed by atoms with Crippen LogP contribution in [-0.2, 0) is 11.2 Å². The fraction of sp³-hybridized carbons (Fsp3) is 0.364. The van der Waals surface area contributed by atoms with Crippen LogP contribution in [0.4, 0.5) is 4.39 Å². The van der Waals surface area contributed by atoms with Crippen LogP contribution >= 0.6 is 0 Å². The topological polar surface area (TPSA) is 46.5 Å². The zero-order chi connectivity index (χ0) is 11.5. The first-order valence-corrected chi connectivity index (χ1v) is 4.49. The average molecular weight is 212 g/mol. The molecule has 4 heteroatoms. The van der Waals surface area contributed by atoms with E-state index in [1.807, 2.05) is 0 Å². The number of carbonyl (C=O) groups is 1. The van der Waals surface area contributed by atoms with Crippen molar-refractivity contribution in [2.45, 2.75) is 18.9 Å². The lowest BCUT2D eigenvalue weighted by atomic mass is 9.98. The van der Waals surface area contributed by atoms with Gasteiger partial charge < -0.3 is 14.6 Å². The molecular formula is C11H13FO3. The van der Waals surface area contributed by atoms with E-state index in [0.717, 1.165) is 0 Å². The fourth-order valence-corrected chi connectivity index (χ4v) is 1.27. The molecule has 0 aliphatic rings. The molecule has 0 fully saturated rings. The van der Waals surface area contributed by atoms with Crippen LogP contribution in [-0.4, -0.2) is 24.1 Å². The maximum atomic E-state index is 13.2. The minimum Gasteiger partial charge on any atom is -0.494 e. The normalized spacial score (nSPS) is 14.4. The highest BCUT2D eigenvalue weighted by molar-refractivity contribution is 5.62. The summed E-state index contributed by atoms with van der Waals surface area (Å²) in [5.74, 6) is -0.360. The Morgan fingerprint density at radius 3 is 2.73 bits per heavy atom.